The van der Waals surface area contributed by atoms with Gasteiger partial charge in [-0.25, -0.2) is 0 Å². The maximum absolute atomic E-state index is 13.5. The van der Waals surface area contributed by atoms with Crippen molar-refractivity contribution in [2.75, 3.05) is 33.7 Å². The van der Waals surface area contributed by atoms with Gasteiger partial charge >= 0.3 is 0 Å². The van der Waals surface area contributed by atoms with Gasteiger partial charge in [0.05, 0.1) is 6.54 Å². The topological polar surface area (TPSA) is 122 Å². The summed E-state index contributed by atoms with van der Waals surface area (Å²) in [4.78, 5) is 41.5. The Bertz CT molecular complexity index is 1320. The molecule has 5 N–H and O–H groups in total. The van der Waals surface area contributed by atoms with Gasteiger partial charge in [-0.05, 0) is 62.9 Å². The van der Waals surface area contributed by atoms with Crippen molar-refractivity contribution in [1.82, 2.24) is 15.1 Å². The molecule has 1 atom stereocenters. The number of likely N-dealkylation sites (N-methyl/N-ethyl adjacent to an activating group) is 2. The van der Waals surface area contributed by atoms with E-state index in [4.69, 9.17) is 11.5 Å². The van der Waals surface area contributed by atoms with Crippen molar-refractivity contribution < 1.29 is 14.4 Å². The molecule has 8 nitrogen and oxygen atoms in total. The first-order valence-corrected chi connectivity index (χ1v) is 15.0. The van der Waals surface area contributed by atoms with E-state index in [1.54, 1.807) is 20.2 Å². The quantitative estimate of drug-likeness (QED) is 0.200. The van der Waals surface area contributed by atoms with Crippen LogP contribution in [-0.4, -0.2) is 72.8 Å². The van der Waals surface area contributed by atoms with Crippen LogP contribution in [0.1, 0.15) is 37.8 Å². The van der Waals surface area contributed by atoms with Crippen molar-refractivity contribution in [3.63, 3.8) is 0 Å². The lowest BCUT2D eigenvalue weighted by Gasteiger charge is -2.30. The number of rotatable bonds is 13. The summed E-state index contributed by atoms with van der Waals surface area (Å²) in [6.07, 6.45) is 4.67. The fourth-order valence-corrected chi connectivity index (χ4v) is 4.28. The van der Waals surface area contributed by atoms with E-state index in [1.165, 1.54) is 21.4 Å². The van der Waals surface area contributed by atoms with Crippen molar-refractivity contribution in [3.05, 3.63) is 108 Å². The molecule has 3 aromatic carbocycles. The summed E-state index contributed by atoms with van der Waals surface area (Å²) in [5.41, 5.74) is 15.4. The summed E-state index contributed by atoms with van der Waals surface area (Å²) < 4.78 is 0. The van der Waals surface area contributed by atoms with Gasteiger partial charge in [-0.15, -0.1) is 0 Å². The third-order valence-corrected chi connectivity index (χ3v) is 6.90. The van der Waals surface area contributed by atoms with Crippen molar-refractivity contribution in [2.45, 2.75) is 51.6 Å². The third kappa shape index (κ3) is 13.4. The lowest BCUT2D eigenvalue weighted by molar-refractivity contribution is -0.143. The monoisotopic (exact) mass is 599 g/mol. The van der Waals surface area contributed by atoms with Crippen LogP contribution in [0.2, 0.25) is 0 Å². The van der Waals surface area contributed by atoms with Gasteiger partial charge in [0, 0.05) is 32.6 Å². The minimum Gasteiger partial charge on any atom is -0.355 e. The van der Waals surface area contributed by atoms with E-state index in [9.17, 15) is 14.4 Å². The zero-order chi connectivity index (χ0) is 32.5. The molecule has 0 aliphatic carbocycles. The second kappa shape index (κ2) is 18.4. The van der Waals surface area contributed by atoms with E-state index >= 15 is 0 Å². The summed E-state index contributed by atoms with van der Waals surface area (Å²) in [6, 6.07) is 27.4. The number of amides is 3. The Morgan fingerprint density at radius 2 is 1.45 bits per heavy atom. The Kier molecular flexibility index (Phi) is 15.0. The number of nitrogens with zero attached hydrogens (tertiary/aromatic N) is 2. The van der Waals surface area contributed by atoms with E-state index in [-0.39, 0.29) is 24.3 Å². The van der Waals surface area contributed by atoms with Crippen LogP contribution in [0.5, 0.6) is 0 Å². The van der Waals surface area contributed by atoms with Crippen LogP contribution in [0.15, 0.2) is 97.1 Å². The first-order chi connectivity index (χ1) is 20.9. The Morgan fingerprint density at radius 3 is 1.98 bits per heavy atom. The highest BCUT2D eigenvalue weighted by Crippen LogP contribution is 2.21. The number of benzene rings is 3. The molecule has 8 heteroatoms. The van der Waals surface area contributed by atoms with Crippen LogP contribution in [0, 0.1) is 6.92 Å². The highest BCUT2D eigenvalue weighted by molar-refractivity contribution is 5.94. The van der Waals surface area contributed by atoms with Crippen LogP contribution in [0.25, 0.3) is 11.1 Å². The molecule has 1 unspecified atom stereocenters. The smallest absolute Gasteiger partial charge is 0.246 e. The molecule has 0 bridgehead atoms. The predicted molar refractivity (Wildman–Crippen MR) is 180 cm³/mol. The fraction of sp³-hybridized carbons (Fsp3) is 0.361. The third-order valence-electron chi connectivity index (χ3n) is 6.90. The predicted octanol–water partition coefficient (Wildman–Crippen LogP) is 4.33. The van der Waals surface area contributed by atoms with Gasteiger partial charge in [0.2, 0.25) is 17.7 Å². The number of carbonyl (C=O) groups excluding carboxylic acids is 3. The molecule has 0 spiro atoms. The number of carbonyl (C=O) groups is 3. The van der Waals surface area contributed by atoms with Gasteiger partial charge in [0.1, 0.15) is 6.04 Å². The molecule has 0 aliphatic heterocycles. The van der Waals surface area contributed by atoms with Gasteiger partial charge in [-0.1, -0.05) is 96.6 Å². The molecule has 3 aromatic rings. The molecule has 3 amide bonds. The number of hydrogen-bond acceptors (Lipinski definition) is 5. The second-order valence-electron chi connectivity index (χ2n) is 11.7. The molecular weight excluding hydrogens is 550 g/mol. The van der Waals surface area contributed by atoms with Gasteiger partial charge in [-0.3, -0.25) is 14.4 Å². The van der Waals surface area contributed by atoms with Crippen molar-refractivity contribution in [3.8, 4) is 11.1 Å². The first-order valence-electron chi connectivity index (χ1n) is 15.0. The van der Waals surface area contributed by atoms with Gasteiger partial charge in [-0.2, -0.15) is 0 Å². The Balaban J connectivity index is 0.000000843. The Hall–Kier alpha value is -4.27. The molecule has 236 valence electrons. The molecule has 0 aliphatic rings. The Morgan fingerprint density at radius 1 is 0.886 bits per heavy atom. The summed E-state index contributed by atoms with van der Waals surface area (Å²) in [5, 5.41) is 2.76. The molecule has 0 fully saturated rings. The highest BCUT2D eigenvalue weighted by atomic mass is 16.2. The van der Waals surface area contributed by atoms with Crippen molar-refractivity contribution >= 4 is 17.7 Å². The maximum Gasteiger partial charge on any atom is 0.246 e. The van der Waals surface area contributed by atoms with Crippen LogP contribution in [-0.2, 0) is 20.8 Å². The Labute approximate surface area is 263 Å². The lowest BCUT2D eigenvalue weighted by atomic mass is 9.99. The maximum atomic E-state index is 13.5. The average Bonchev–Trinajstić information content (AvgIpc) is 3.00. The molecule has 0 aromatic heterocycles. The number of nitrogens with two attached hydrogens (primary N) is 2. The molecule has 44 heavy (non-hydrogen) atoms. The SMILES string of the molecule is CN(CC(=O)NCCCN)C(=O)C(Cc1ccc(-c2ccccc2)cc1)N(C)C(=O)/C=C/CC(C)(C)N.Cc1ccccc1. The normalized spacial score (nSPS) is 11.7. The molecule has 0 saturated carbocycles. The van der Waals surface area contributed by atoms with Crippen LogP contribution >= 0.6 is 0 Å². The summed E-state index contributed by atoms with van der Waals surface area (Å²) in [5.74, 6) is -0.886. The first kappa shape index (κ1) is 35.9. The molecular formula is C36H49N5O3. The standard InChI is InChI=1S/C29H41N5O3.C7H8/c1-29(2,31)17-8-12-27(36)34(4)25(28(37)33(3)21-26(35)32-19-9-18-30)20-22-13-15-24(16-14-22)23-10-6-5-7-11-23;1-7-5-3-2-4-6-7/h5-8,10-16,25H,9,17-21,30-31H2,1-4H3,(H,32,35);2-6H,1H3/b12-8+;. The largest absolute Gasteiger partial charge is 0.355 e. The lowest BCUT2D eigenvalue weighted by Crippen LogP contribution is -2.51. The van der Waals surface area contributed by atoms with Gasteiger partial charge < -0.3 is 26.6 Å². The van der Waals surface area contributed by atoms with E-state index in [0.29, 0.717) is 32.4 Å². The summed E-state index contributed by atoms with van der Waals surface area (Å²) >= 11 is 0. The second-order valence-corrected chi connectivity index (χ2v) is 11.7. The fourth-order valence-electron chi connectivity index (χ4n) is 4.28. The van der Waals surface area contributed by atoms with Crippen LogP contribution in [0.4, 0.5) is 0 Å². The number of aryl methyl sites for hydroxylation is 1. The minimum atomic E-state index is -0.785. The van der Waals surface area contributed by atoms with E-state index in [1.807, 2.05) is 86.6 Å². The molecule has 0 heterocycles. The average molecular weight is 600 g/mol. The van der Waals surface area contributed by atoms with E-state index in [0.717, 1.165) is 16.7 Å². The zero-order valence-corrected chi connectivity index (χ0v) is 26.8. The summed E-state index contributed by atoms with van der Waals surface area (Å²) in [7, 11) is 3.18. The summed E-state index contributed by atoms with van der Waals surface area (Å²) in [6.45, 7) is 6.66. The van der Waals surface area contributed by atoms with Gasteiger partial charge in [0.15, 0.2) is 0 Å². The van der Waals surface area contributed by atoms with E-state index in [2.05, 4.69) is 24.4 Å². The molecule has 3 rings (SSSR count). The number of hydrogen-bond donors (Lipinski definition) is 3. The zero-order valence-electron chi connectivity index (χ0n) is 26.8. The van der Waals surface area contributed by atoms with Crippen molar-refractivity contribution in [2.24, 2.45) is 11.5 Å². The van der Waals surface area contributed by atoms with Crippen LogP contribution in [0.3, 0.4) is 0 Å². The van der Waals surface area contributed by atoms with Crippen molar-refractivity contribution in [1.29, 1.82) is 0 Å². The molecule has 0 saturated heterocycles. The van der Waals surface area contributed by atoms with Gasteiger partial charge in [0.25, 0.3) is 0 Å². The highest BCUT2D eigenvalue weighted by Gasteiger charge is 2.29. The number of nitrogens with one attached hydrogen (secondary N) is 1. The van der Waals surface area contributed by atoms with E-state index < -0.39 is 11.6 Å². The minimum absolute atomic E-state index is 0.105. The molecule has 0 radical (unpaired) electrons. The van der Waals surface area contributed by atoms with Crippen LogP contribution < -0.4 is 16.8 Å².